The van der Waals surface area contributed by atoms with Gasteiger partial charge >= 0.3 is 6.18 Å². The molecule has 0 radical (unpaired) electrons. The van der Waals surface area contributed by atoms with Crippen LogP contribution in [0, 0.1) is 0 Å². The Morgan fingerprint density at radius 2 is 1.50 bits per heavy atom. The summed E-state index contributed by atoms with van der Waals surface area (Å²) in [6.45, 7) is 3.45. The lowest BCUT2D eigenvalue weighted by molar-refractivity contribution is -0.135. The lowest BCUT2D eigenvalue weighted by atomic mass is 10.3. The summed E-state index contributed by atoms with van der Waals surface area (Å²) in [5.41, 5.74) is 0. The van der Waals surface area contributed by atoms with Crippen molar-refractivity contribution >= 4 is 0 Å². The van der Waals surface area contributed by atoms with Crippen molar-refractivity contribution in [3.05, 3.63) is 0 Å². The molecule has 7 heteroatoms. The molecule has 1 N–H and O–H groups in total. The van der Waals surface area contributed by atoms with Crippen molar-refractivity contribution in [2.24, 2.45) is 0 Å². The van der Waals surface area contributed by atoms with Crippen LogP contribution in [-0.4, -0.2) is 59.4 Å². The van der Waals surface area contributed by atoms with Gasteiger partial charge in [-0.25, -0.2) is 0 Å². The molecule has 0 unspecified atom stereocenters. The monoisotopic (exact) mass is 273 g/mol. The van der Waals surface area contributed by atoms with Crippen molar-refractivity contribution in [2.45, 2.75) is 19.0 Å². The predicted molar refractivity (Wildman–Crippen MR) is 61.7 cm³/mol. The van der Waals surface area contributed by atoms with Crippen LogP contribution in [0.15, 0.2) is 0 Å². The van der Waals surface area contributed by atoms with Crippen molar-refractivity contribution in [1.82, 2.24) is 5.32 Å². The molecule has 0 aromatic heterocycles. The Bertz CT molecular complexity index is 179. The van der Waals surface area contributed by atoms with Gasteiger partial charge in [0.1, 0.15) is 0 Å². The van der Waals surface area contributed by atoms with E-state index in [1.165, 1.54) is 0 Å². The van der Waals surface area contributed by atoms with Crippen LogP contribution in [0.2, 0.25) is 0 Å². The zero-order chi connectivity index (χ0) is 13.7. The number of halogens is 3. The van der Waals surface area contributed by atoms with E-state index in [2.05, 4.69) is 5.32 Å². The van der Waals surface area contributed by atoms with Crippen LogP contribution < -0.4 is 5.32 Å². The van der Waals surface area contributed by atoms with E-state index in [1.54, 1.807) is 7.11 Å². The van der Waals surface area contributed by atoms with Gasteiger partial charge in [0, 0.05) is 20.1 Å². The largest absolute Gasteiger partial charge is 0.389 e. The zero-order valence-electron chi connectivity index (χ0n) is 10.7. The Kier molecular flexibility index (Phi) is 11.5. The first-order valence-corrected chi connectivity index (χ1v) is 5.98. The molecule has 0 aliphatic heterocycles. The van der Waals surface area contributed by atoms with Gasteiger partial charge in [-0.15, -0.1) is 0 Å². The topological polar surface area (TPSA) is 39.7 Å². The highest BCUT2D eigenvalue weighted by Crippen LogP contribution is 2.20. The standard InChI is InChI=1S/C11H22F3NO3/c1-16-7-8-18-10-9-17-6-5-15-4-2-3-11(12,13)14/h15H,2-10H2,1H3. The molecule has 0 saturated heterocycles. The quantitative estimate of drug-likeness (QED) is 0.548. The molecular weight excluding hydrogens is 251 g/mol. The van der Waals surface area contributed by atoms with E-state index in [0.29, 0.717) is 46.1 Å². The summed E-state index contributed by atoms with van der Waals surface area (Å²) in [6.07, 6.45) is -4.70. The maximum absolute atomic E-state index is 11.8. The van der Waals surface area contributed by atoms with Crippen LogP contribution in [0.4, 0.5) is 13.2 Å². The first-order valence-electron chi connectivity index (χ1n) is 5.98. The van der Waals surface area contributed by atoms with Crippen molar-refractivity contribution < 1.29 is 27.4 Å². The molecule has 4 nitrogen and oxygen atoms in total. The Balaban J connectivity index is 2.99. The fraction of sp³-hybridized carbons (Fsp3) is 1.00. The third-order valence-electron chi connectivity index (χ3n) is 2.04. The van der Waals surface area contributed by atoms with Crippen LogP contribution in [0.3, 0.4) is 0 Å². The van der Waals surface area contributed by atoms with E-state index in [1.807, 2.05) is 0 Å². The van der Waals surface area contributed by atoms with Crippen LogP contribution in [0.25, 0.3) is 0 Å². The summed E-state index contributed by atoms with van der Waals surface area (Å²) in [6, 6.07) is 0. The molecule has 0 spiro atoms. The smallest absolute Gasteiger partial charge is 0.382 e. The number of hydrogen-bond acceptors (Lipinski definition) is 4. The molecular formula is C11H22F3NO3. The van der Waals surface area contributed by atoms with Crippen LogP contribution >= 0.6 is 0 Å². The van der Waals surface area contributed by atoms with Crippen LogP contribution in [0.1, 0.15) is 12.8 Å². The molecule has 0 heterocycles. The lowest BCUT2D eigenvalue weighted by Gasteiger charge is -2.08. The highest BCUT2D eigenvalue weighted by molar-refractivity contribution is 4.53. The molecule has 0 fully saturated rings. The van der Waals surface area contributed by atoms with E-state index >= 15 is 0 Å². The second-order valence-corrected chi connectivity index (χ2v) is 3.69. The van der Waals surface area contributed by atoms with Crippen molar-refractivity contribution in [3.63, 3.8) is 0 Å². The summed E-state index contributed by atoms with van der Waals surface area (Å²) in [7, 11) is 1.60. The van der Waals surface area contributed by atoms with E-state index in [0.717, 1.165) is 0 Å². The first-order chi connectivity index (χ1) is 8.56. The van der Waals surface area contributed by atoms with Crippen molar-refractivity contribution in [1.29, 1.82) is 0 Å². The maximum atomic E-state index is 11.8. The molecule has 0 saturated carbocycles. The van der Waals surface area contributed by atoms with Gasteiger partial charge in [-0.3, -0.25) is 0 Å². The summed E-state index contributed by atoms with van der Waals surface area (Å²) in [4.78, 5) is 0. The SMILES string of the molecule is COCCOCCOCCNCCCC(F)(F)F. The first kappa shape index (κ1) is 17.6. The van der Waals surface area contributed by atoms with E-state index in [9.17, 15) is 13.2 Å². The molecule has 0 aromatic rings. The van der Waals surface area contributed by atoms with Gasteiger partial charge in [0.25, 0.3) is 0 Å². The normalized spacial score (nSPS) is 12.0. The highest BCUT2D eigenvalue weighted by Gasteiger charge is 2.25. The second-order valence-electron chi connectivity index (χ2n) is 3.69. The second kappa shape index (κ2) is 11.7. The van der Waals surface area contributed by atoms with Crippen LogP contribution in [-0.2, 0) is 14.2 Å². The number of rotatable bonds is 12. The molecule has 0 bridgehead atoms. The third-order valence-corrected chi connectivity index (χ3v) is 2.04. The molecule has 0 rings (SSSR count). The van der Waals surface area contributed by atoms with Gasteiger partial charge in [-0.05, 0) is 13.0 Å². The number of alkyl halides is 3. The molecule has 0 amide bonds. The molecule has 0 aliphatic rings. The van der Waals surface area contributed by atoms with Crippen LogP contribution in [0.5, 0.6) is 0 Å². The van der Waals surface area contributed by atoms with Gasteiger partial charge in [0.2, 0.25) is 0 Å². The summed E-state index contributed by atoms with van der Waals surface area (Å²) >= 11 is 0. The molecule has 0 aliphatic carbocycles. The lowest BCUT2D eigenvalue weighted by Crippen LogP contribution is -2.23. The van der Waals surface area contributed by atoms with Crippen molar-refractivity contribution in [2.75, 3.05) is 53.2 Å². The Hall–Kier alpha value is -0.370. The van der Waals surface area contributed by atoms with Gasteiger partial charge in [0.15, 0.2) is 0 Å². The Morgan fingerprint density at radius 3 is 2.11 bits per heavy atom. The average Bonchev–Trinajstić information content (AvgIpc) is 2.29. The third kappa shape index (κ3) is 15.6. The van der Waals surface area contributed by atoms with E-state index in [-0.39, 0.29) is 6.42 Å². The molecule has 0 atom stereocenters. The summed E-state index contributed by atoms with van der Waals surface area (Å²) in [5, 5.41) is 2.88. The zero-order valence-corrected chi connectivity index (χ0v) is 10.7. The van der Waals surface area contributed by atoms with E-state index in [4.69, 9.17) is 14.2 Å². The number of ether oxygens (including phenoxy) is 3. The highest BCUT2D eigenvalue weighted by atomic mass is 19.4. The minimum absolute atomic E-state index is 0.101. The number of hydrogen-bond donors (Lipinski definition) is 1. The minimum atomic E-state index is -4.06. The van der Waals surface area contributed by atoms with E-state index < -0.39 is 12.6 Å². The number of methoxy groups -OCH3 is 1. The average molecular weight is 273 g/mol. The molecule has 18 heavy (non-hydrogen) atoms. The predicted octanol–water partition coefficient (Wildman–Crippen LogP) is 1.60. The maximum Gasteiger partial charge on any atom is 0.389 e. The summed E-state index contributed by atoms with van der Waals surface area (Å²) < 4.78 is 50.5. The minimum Gasteiger partial charge on any atom is -0.382 e. The summed E-state index contributed by atoms with van der Waals surface area (Å²) in [5.74, 6) is 0. The van der Waals surface area contributed by atoms with Crippen molar-refractivity contribution in [3.8, 4) is 0 Å². The molecule has 0 aromatic carbocycles. The Labute approximate surface area is 106 Å². The molecule has 110 valence electrons. The Morgan fingerprint density at radius 1 is 0.889 bits per heavy atom. The fourth-order valence-electron chi connectivity index (χ4n) is 1.15. The number of nitrogens with one attached hydrogen (secondary N) is 1. The fourth-order valence-corrected chi connectivity index (χ4v) is 1.15. The van der Waals surface area contributed by atoms with Gasteiger partial charge < -0.3 is 19.5 Å². The van der Waals surface area contributed by atoms with Gasteiger partial charge in [-0.1, -0.05) is 0 Å². The van der Waals surface area contributed by atoms with Gasteiger partial charge in [0.05, 0.1) is 33.0 Å². The van der Waals surface area contributed by atoms with Gasteiger partial charge in [-0.2, -0.15) is 13.2 Å².